The molecule has 1 N–H and O–H groups in total. The normalized spacial score (nSPS) is 34.7. The van der Waals surface area contributed by atoms with E-state index in [9.17, 15) is 5.11 Å². The third kappa shape index (κ3) is 2.23. The van der Waals surface area contributed by atoms with Gasteiger partial charge in [-0.2, -0.15) is 0 Å². The van der Waals surface area contributed by atoms with E-state index < -0.39 is 0 Å². The third-order valence-corrected chi connectivity index (χ3v) is 5.00. The Morgan fingerprint density at radius 1 is 1.40 bits per heavy atom. The predicted octanol–water partition coefficient (Wildman–Crippen LogP) is 3.27. The van der Waals surface area contributed by atoms with Crippen LogP contribution < -0.4 is 0 Å². The van der Waals surface area contributed by atoms with Crippen LogP contribution in [0.3, 0.4) is 0 Å². The summed E-state index contributed by atoms with van der Waals surface area (Å²) < 4.78 is 6.59. The summed E-state index contributed by atoms with van der Waals surface area (Å²) in [5, 5.41) is 9.85. The Labute approximate surface area is 121 Å². The number of likely N-dealkylation sites (N-methyl/N-ethyl adjacent to an activating group) is 1. The number of phenolic OH excluding ortho intramolecular Hbond substituents is 1. The molecule has 3 heteroatoms. The molecule has 1 aromatic carbocycles. The maximum absolute atomic E-state index is 9.85. The molecule has 0 spiro atoms. The van der Waals surface area contributed by atoms with Crippen molar-refractivity contribution in [2.24, 2.45) is 0 Å². The van der Waals surface area contributed by atoms with E-state index in [2.05, 4.69) is 24.9 Å². The average Bonchev–Trinajstić information content (AvgIpc) is 2.47. The second-order valence-electron chi connectivity index (χ2n) is 6.29. The second kappa shape index (κ2) is 5.38. The Hall–Kier alpha value is -1.06. The predicted molar refractivity (Wildman–Crippen MR) is 79.8 cm³/mol. The molecule has 0 unspecified atom stereocenters. The lowest BCUT2D eigenvalue weighted by Gasteiger charge is -2.54. The van der Waals surface area contributed by atoms with E-state index in [1.165, 1.54) is 19.3 Å². The van der Waals surface area contributed by atoms with Gasteiger partial charge in [0.1, 0.15) is 11.4 Å². The fraction of sp³-hybridized carbons (Fsp3) is 0.647. The standard InChI is InChI=1S/C17H25NO2/c1-3-15-12-18(2)16-9-4-5-10-17(16,20-15)13-7-6-8-14(19)11-13/h6-8,11,15-16,19H,3-5,9-10,12H2,1-2H3/t15-,16-,17-/m1/s1. The molecule has 20 heavy (non-hydrogen) atoms. The van der Waals surface area contributed by atoms with Crippen LogP contribution in [-0.2, 0) is 10.3 Å². The van der Waals surface area contributed by atoms with Gasteiger partial charge in [-0.3, -0.25) is 4.90 Å². The van der Waals surface area contributed by atoms with Crippen molar-refractivity contribution >= 4 is 0 Å². The molecule has 3 nitrogen and oxygen atoms in total. The van der Waals surface area contributed by atoms with Gasteiger partial charge in [-0.15, -0.1) is 0 Å². The monoisotopic (exact) mass is 275 g/mol. The molecule has 3 atom stereocenters. The lowest BCUT2D eigenvalue weighted by Crippen LogP contribution is -2.60. The highest BCUT2D eigenvalue weighted by molar-refractivity contribution is 5.34. The van der Waals surface area contributed by atoms with Crippen LogP contribution in [0, 0.1) is 0 Å². The summed E-state index contributed by atoms with van der Waals surface area (Å²) in [7, 11) is 2.22. The number of phenols is 1. The van der Waals surface area contributed by atoms with Crippen LogP contribution in [0.4, 0.5) is 0 Å². The van der Waals surface area contributed by atoms with Gasteiger partial charge in [0.2, 0.25) is 0 Å². The van der Waals surface area contributed by atoms with Crippen molar-refractivity contribution in [3.05, 3.63) is 29.8 Å². The highest BCUT2D eigenvalue weighted by atomic mass is 16.5. The van der Waals surface area contributed by atoms with Crippen molar-refractivity contribution in [1.82, 2.24) is 4.90 Å². The number of fused-ring (bicyclic) bond motifs is 1. The summed E-state index contributed by atoms with van der Waals surface area (Å²) >= 11 is 0. The molecule has 0 bridgehead atoms. The highest BCUT2D eigenvalue weighted by Gasteiger charge is 2.49. The molecule has 3 rings (SSSR count). The summed E-state index contributed by atoms with van der Waals surface area (Å²) in [6, 6.07) is 8.11. The minimum atomic E-state index is -0.231. The fourth-order valence-corrected chi connectivity index (χ4v) is 4.01. The third-order valence-electron chi connectivity index (χ3n) is 5.00. The van der Waals surface area contributed by atoms with Gasteiger partial charge < -0.3 is 9.84 Å². The Kier molecular flexibility index (Phi) is 3.74. The number of rotatable bonds is 2. The van der Waals surface area contributed by atoms with E-state index in [4.69, 9.17) is 4.74 Å². The molecule has 2 aliphatic rings. The van der Waals surface area contributed by atoms with Crippen LogP contribution >= 0.6 is 0 Å². The molecule has 0 radical (unpaired) electrons. The minimum absolute atomic E-state index is 0.231. The number of ether oxygens (including phenoxy) is 1. The van der Waals surface area contributed by atoms with Gasteiger partial charge in [-0.05, 0) is 44.0 Å². The maximum atomic E-state index is 9.85. The smallest absolute Gasteiger partial charge is 0.115 e. The van der Waals surface area contributed by atoms with E-state index in [0.29, 0.717) is 11.8 Å². The van der Waals surface area contributed by atoms with Gasteiger partial charge in [0.05, 0.1) is 6.10 Å². The zero-order valence-corrected chi connectivity index (χ0v) is 12.5. The van der Waals surface area contributed by atoms with Crippen LogP contribution in [0.15, 0.2) is 24.3 Å². The molecular weight excluding hydrogens is 250 g/mol. The lowest BCUT2D eigenvalue weighted by molar-refractivity contribution is -0.204. The zero-order valence-electron chi connectivity index (χ0n) is 12.5. The van der Waals surface area contributed by atoms with E-state index in [-0.39, 0.29) is 11.7 Å². The van der Waals surface area contributed by atoms with Crippen molar-refractivity contribution in [2.45, 2.75) is 56.8 Å². The van der Waals surface area contributed by atoms with Gasteiger partial charge in [0.15, 0.2) is 0 Å². The first-order valence-corrected chi connectivity index (χ1v) is 7.83. The van der Waals surface area contributed by atoms with Crippen LogP contribution in [-0.4, -0.2) is 35.7 Å². The SMILES string of the molecule is CC[C@@H]1CN(C)[C@@H]2CCCC[C@]2(c2cccc(O)c2)O1. The number of benzene rings is 1. The van der Waals surface area contributed by atoms with Crippen molar-refractivity contribution in [2.75, 3.05) is 13.6 Å². The van der Waals surface area contributed by atoms with E-state index in [1.54, 1.807) is 6.07 Å². The molecule has 1 aliphatic heterocycles. The molecule has 1 saturated carbocycles. The van der Waals surface area contributed by atoms with E-state index in [1.807, 2.05) is 12.1 Å². The summed E-state index contributed by atoms with van der Waals surface area (Å²) in [5.41, 5.74) is 0.914. The highest BCUT2D eigenvalue weighted by Crippen LogP contribution is 2.47. The Bertz CT molecular complexity index is 476. The summed E-state index contributed by atoms with van der Waals surface area (Å²) in [6.07, 6.45) is 6.05. The summed E-state index contributed by atoms with van der Waals surface area (Å²) in [5.74, 6) is 0.339. The van der Waals surface area contributed by atoms with Gasteiger partial charge >= 0.3 is 0 Å². The van der Waals surface area contributed by atoms with Gasteiger partial charge in [0, 0.05) is 12.6 Å². The first-order valence-electron chi connectivity index (χ1n) is 7.83. The Morgan fingerprint density at radius 3 is 3.00 bits per heavy atom. The summed E-state index contributed by atoms with van der Waals surface area (Å²) in [4.78, 5) is 2.47. The minimum Gasteiger partial charge on any atom is -0.508 e. The number of aromatic hydroxyl groups is 1. The quantitative estimate of drug-likeness (QED) is 0.899. The first-order chi connectivity index (χ1) is 9.65. The molecule has 1 heterocycles. The molecule has 1 aliphatic carbocycles. The lowest BCUT2D eigenvalue weighted by atomic mass is 9.73. The molecule has 0 aromatic heterocycles. The molecular formula is C17H25NO2. The molecule has 2 fully saturated rings. The number of morpholine rings is 1. The number of hydrogen-bond donors (Lipinski definition) is 1. The Morgan fingerprint density at radius 2 is 2.25 bits per heavy atom. The summed E-state index contributed by atoms with van der Waals surface area (Å²) in [6.45, 7) is 3.21. The average molecular weight is 275 g/mol. The van der Waals surface area contributed by atoms with E-state index >= 15 is 0 Å². The molecule has 0 amide bonds. The zero-order chi connectivity index (χ0) is 14.2. The molecule has 110 valence electrons. The largest absolute Gasteiger partial charge is 0.508 e. The second-order valence-corrected chi connectivity index (χ2v) is 6.29. The van der Waals surface area contributed by atoms with Crippen molar-refractivity contribution < 1.29 is 9.84 Å². The maximum Gasteiger partial charge on any atom is 0.115 e. The topological polar surface area (TPSA) is 32.7 Å². The van der Waals surface area contributed by atoms with Crippen LogP contribution in [0.2, 0.25) is 0 Å². The van der Waals surface area contributed by atoms with Crippen LogP contribution in [0.25, 0.3) is 0 Å². The first kappa shape index (κ1) is 13.9. The van der Waals surface area contributed by atoms with Crippen molar-refractivity contribution in [3.63, 3.8) is 0 Å². The Balaban J connectivity index is 2.03. The van der Waals surface area contributed by atoms with E-state index in [0.717, 1.165) is 24.9 Å². The van der Waals surface area contributed by atoms with Gasteiger partial charge in [0.25, 0.3) is 0 Å². The van der Waals surface area contributed by atoms with Gasteiger partial charge in [-0.25, -0.2) is 0 Å². The molecule has 1 saturated heterocycles. The number of nitrogens with zero attached hydrogens (tertiary/aromatic N) is 1. The molecule has 1 aromatic rings. The van der Waals surface area contributed by atoms with Crippen LogP contribution in [0.1, 0.15) is 44.6 Å². The fourth-order valence-electron chi connectivity index (χ4n) is 4.01. The number of hydrogen-bond acceptors (Lipinski definition) is 3. The van der Waals surface area contributed by atoms with Gasteiger partial charge in [-0.1, -0.05) is 31.9 Å². The van der Waals surface area contributed by atoms with Crippen molar-refractivity contribution in [3.8, 4) is 5.75 Å². The van der Waals surface area contributed by atoms with Crippen molar-refractivity contribution in [1.29, 1.82) is 0 Å². The van der Waals surface area contributed by atoms with Crippen LogP contribution in [0.5, 0.6) is 5.75 Å².